The van der Waals surface area contributed by atoms with Crippen LogP contribution in [0, 0.1) is 5.41 Å². The second kappa shape index (κ2) is 6.34. The molecule has 1 saturated carbocycles. The molecule has 0 saturated heterocycles. The number of carbonyl (C=O) groups excluding carboxylic acids is 1. The summed E-state index contributed by atoms with van der Waals surface area (Å²) < 4.78 is 11.2. The summed E-state index contributed by atoms with van der Waals surface area (Å²) in [6.07, 6.45) is 3.03. The first-order valence-corrected chi connectivity index (χ1v) is 8.30. The van der Waals surface area contributed by atoms with E-state index in [4.69, 9.17) is 9.47 Å². The highest BCUT2D eigenvalue weighted by molar-refractivity contribution is 5.85. The molecule has 2 aliphatic rings. The summed E-state index contributed by atoms with van der Waals surface area (Å²) in [7, 11) is 1.60. The number of fused-ring (bicyclic) bond motifs is 1. The van der Waals surface area contributed by atoms with Crippen LogP contribution in [0.1, 0.15) is 43.7 Å². The van der Waals surface area contributed by atoms with Gasteiger partial charge in [0.1, 0.15) is 17.6 Å². The quantitative estimate of drug-likeness (QED) is 0.834. The third kappa shape index (κ3) is 3.05. The molecule has 1 unspecified atom stereocenters. The van der Waals surface area contributed by atoms with Crippen LogP contribution in [0.5, 0.6) is 11.5 Å². The summed E-state index contributed by atoms with van der Waals surface area (Å²) >= 11 is 0. The number of benzene rings is 1. The Morgan fingerprint density at radius 3 is 2.75 bits per heavy atom. The van der Waals surface area contributed by atoms with Crippen LogP contribution in [0.25, 0.3) is 0 Å². The molecule has 1 fully saturated rings. The Hall–Kier alpha value is -2.24. The Kier molecular flexibility index (Phi) is 4.39. The van der Waals surface area contributed by atoms with E-state index in [0.717, 1.165) is 29.7 Å². The summed E-state index contributed by atoms with van der Waals surface area (Å²) in [5, 5.41) is 12.1. The van der Waals surface area contributed by atoms with Crippen molar-refractivity contribution in [3.05, 3.63) is 23.3 Å². The van der Waals surface area contributed by atoms with Crippen molar-refractivity contribution in [2.75, 3.05) is 7.11 Å². The minimum atomic E-state index is -0.874. The number of methoxy groups -OCH3 is 1. The van der Waals surface area contributed by atoms with Crippen molar-refractivity contribution in [2.45, 2.75) is 51.7 Å². The molecule has 1 aliphatic carbocycles. The number of hydrogen-bond donors (Lipinski definition) is 2. The fourth-order valence-corrected chi connectivity index (χ4v) is 3.44. The lowest BCUT2D eigenvalue weighted by molar-refractivity contribution is -0.157. The van der Waals surface area contributed by atoms with Gasteiger partial charge in [-0.05, 0) is 31.9 Å². The fraction of sp³-hybridized carbons (Fsp3) is 0.556. The summed E-state index contributed by atoms with van der Waals surface area (Å²) in [5.74, 6) is 0.423. The maximum Gasteiger partial charge on any atom is 0.310 e. The van der Waals surface area contributed by atoms with Gasteiger partial charge in [0.15, 0.2) is 0 Å². The van der Waals surface area contributed by atoms with E-state index < -0.39 is 11.4 Å². The molecule has 1 aromatic rings. The smallest absolute Gasteiger partial charge is 0.310 e. The topological polar surface area (TPSA) is 84.9 Å². The molecule has 0 spiro atoms. The van der Waals surface area contributed by atoms with Crippen LogP contribution in [0.4, 0.5) is 0 Å². The third-order valence-electron chi connectivity index (χ3n) is 5.04. The minimum Gasteiger partial charge on any atom is -0.496 e. The van der Waals surface area contributed by atoms with Gasteiger partial charge in [-0.25, -0.2) is 0 Å². The van der Waals surface area contributed by atoms with E-state index in [2.05, 4.69) is 5.32 Å². The lowest BCUT2D eigenvalue weighted by Gasteiger charge is -2.36. The molecule has 0 aromatic heterocycles. The number of carboxylic acids is 1. The van der Waals surface area contributed by atoms with Crippen molar-refractivity contribution >= 4 is 11.9 Å². The van der Waals surface area contributed by atoms with Gasteiger partial charge in [0.05, 0.1) is 12.5 Å². The fourth-order valence-electron chi connectivity index (χ4n) is 3.44. The molecule has 0 radical (unpaired) electrons. The van der Waals surface area contributed by atoms with Crippen LogP contribution in [0.2, 0.25) is 0 Å². The van der Waals surface area contributed by atoms with Crippen LogP contribution in [0.15, 0.2) is 12.1 Å². The monoisotopic (exact) mass is 333 g/mol. The molecule has 130 valence electrons. The van der Waals surface area contributed by atoms with E-state index in [1.807, 2.05) is 19.1 Å². The average molecular weight is 333 g/mol. The number of amides is 1. The number of ether oxygens (including phenoxy) is 2. The van der Waals surface area contributed by atoms with E-state index in [-0.39, 0.29) is 18.4 Å². The molecule has 0 bridgehead atoms. The summed E-state index contributed by atoms with van der Waals surface area (Å²) in [6, 6.07) is 3.85. The second-order valence-electron chi connectivity index (χ2n) is 6.80. The molecule has 1 heterocycles. The van der Waals surface area contributed by atoms with E-state index in [1.165, 1.54) is 0 Å². The van der Waals surface area contributed by atoms with Crippen molar-refractivity contribution in [3.8, 4) is 11.5 Å². The molecular formula is C18H23NO5. The molecular weight excluding hydrogens is 310 g/mol. The van der Waals surface area contributed by atoms with E-state index in [9.17, 15) is 14.7 Å². The van der Waals surface area contributed by atoms with E-state index in [1.54, 1.807) is 7.11 Å². The standard InChI is InChI=1S/C18H23NO5/c1-11-6-12-7-14(23-2)13(8-15(12)24-11)10-19-16(20)9-18(17(21)22)4-3-5-18/h7-8,11H,3-6,9-10H2,1-2H3,(H,19,20)(H,21,22). The molecule has 3 rings (SSSR count). The summed E-state index contributed by atoms with van der Waals surface area (Å²) in [4.78, 5) is 23.5. The molecule has 1 atom stereocenters. The molecule has 1 aromatic carbocycles. The first kappa shape index (κ1) is 16.6. The van der Waals surface area contributed by atoms with Gasteiger partial charge >= 0.3 is 5.97 Å². The minimum absolute atomic E-state index is 0.0309. The zero-order chi connectivity index (χ0) is 17.3. The Balaban J connectivity index is 1.65. The zero-order valence-corrected chi connectivity index (χ0v) is 14.1. The predicted octanol–water partition coefficient (Wildman–Crippen LogP) is 2.28. The maximum absolute atomic E-state index is 12.2. The number of hydrogen-bond acceptors (Lipinski definition) is 4. The van der Waals surface area contributed by atoms with Crippen LogP contribution < -0.4 is 14.8 Å². The zero-order valence-electron chi connectivity index (χ0n) is 14.1. The van der Waals surface area contributed by atoms with Crippen molar-refractivity contribution < 1.29 is 24.2 Å². The van der Waals surface area contributed by atoms with Gasteiger partial charge in [-0.2, -0.15) is 0 Å². The van der Waals surface area contributed by atoms with E-state index >= 15 is 0 Å². The summed E-state index contributed by atoms with van der Waals surface area (Å²) in [5.41, 5.74) is 1.07. The predicted molar refractivity (Wildman–Crippen MR) is 87.2 cm³/mol. The molecule has 6 nitrogen and oxygen atoms in total. The Morgan fingerprint density at radius 2 is 2.17 bits per heavy atom. The number of carbonyl (C=O) groups is 2. The van der Waals surface area contributed by atoms with Crippen molar-refractivity contribution in [1.82, 2.24) is 5.32 Å². The highest BCUT2D eigenvalue weighted by Gasteiger charge is 2.45. The first-order chi connectivity index (χ1) is 11.4. The van der Waals surface area contributed by atoms with Gasteiger partial charge < -0.3 is 19.9 Å². The second-order valence-corrected chi connectivity index (χ2v) is 6.80. The average Bonchev–Trinajstić information content (AvgIpc) is 2.86. The van der Waals surface area contributed by atoms with Crippen molar-refractivity contribution in [2.24, 2.45) is 5.41 Å². The lowest BCUT2D eigenvalue weighted by atomic mass is 9.66. The van der Waals surface area contributed by atoms with Crippen LogP contribution in [0.3, 0.4) is 0 Å². The normalized spacial score (nSPS) is 20.5. The Morgan fingerprint density at radius 1 is 1.42 bits per heavy atom. The van der Waals surface area contributed by atoms with Gasteiger partial charge in [-0.15, -0.1) is 0 Å². The highest BCUT2D eigenvalue weighted by atomic mass is 16.5. The Labute approximate surface area is 141 Å². The Bertz CT molecular complexity index is 666. The van der Waals surface area contributed by atoms with Gasteiger partial charge in [0, 0.05) is 30.5 Å². The number of nitrogens with one attached hydrogen (secondary N) is 1. The van der Waals surface area contributed by atoms with Crippen LogP contribution >= 0.6 is 0 Å². The summed E-state index contributed by atoms with van der Waals surface area (Å²) in [6.45, 7) is 2.31. The SMILES string of the molecule is COc1cc2c(cc1CNC(=O)CC1(C(=O)O)CCC1)OC(C)C2. The molecule has 6 heteroatoms. The first-order valence-electron chi connectivity index (χ1n) is 8.30. The van der Waals surface area contributed by atoms with Gasteiger partial charge in [-0.3, -0.25) is 9.59 Å². The van der Waals surface area contributed by atoms with Crippen molar-refractivity contribution in [3.63, 3.8) is 0 Å². The van der Waals surface area contributed by atoms with E-state index in [0.29, 0.717) is 25.1 Å². The molecule has 1 amide bonds. The van der Waals surface area contributed by atoms with Gasteiger partial charge in [0.2, 0.25) is 5.91 Å². The number of aliphatic carboxylic acids is 1. The van der Waals surface area contributed by atoms with Gasteiger partial charge in [0.25, 0.3) is 0 Å². The van der Waals surface area contributed by atoms with Gasteiger partial charge in [-0.1, -0.05) is 6.42 Å². The largest absolute Gasteiger partial charge is 0.496 e. The maximum atomic E-state index is 12.2. The van der Waals surface area contributed by atoms with Crippen LogP contribution in [-0.2, 0) is 22.6 Å². The van der Waals surface area contributed by atoms with Crippen molar-refractivity contribution in [1.29, 1.82) is 0 Å². The number of carboxylic acid groups (broad SMARTS) is 1. The van der Waals surface area contributed by atoms with Crippen LogP contribution in [-0.4, -0.2) is 30.2 Å². The molecule has 24 heavy (non-hydrogen) atoms. The molecule has 2 N–H and O–H groups in total. The number of rotatable bonds is 6. The molecule has 1 aliphatic heterocycles. The third-order valence-corrected chi connectivity index (χ3v) is 5.04. The highest BCUT2D eigenvalue weighted by Crippen LogP contribution is 2.44. The lowest BCUT2D eigenvalue weighted by Crippen LogP contribution is -2.42.